The van der Waals surface area contributed by atoms with E-state index in [1.165, 1.54) is 30.2 Å². The molecule has 2 aromatic heterocycles. The van der Waals surface area contributed by atoms with Crippen molar-refractivity contribution in [2.75, 3.05) is 25.3 Å². The number of hydrogen-bond donors (Lipinski definition) is 1. The molecule has 0 aliphatic carbocycles. The number of carbonyl (C=O) groups is 2. The molecule has 0 aliphatic rings. The highest BCUT2D eigenvalue weighted by Crippen LogP contribution is 2.37. The predicted octanol–water partition coefficient (Wildman–Crippen LogP) is 6.69. The molecule has 0 bridgehead atoms. The number of aromatic nitrogens is 3. The number of esters is 1. The summed E-state index contributed by atoms with van der Waals surface area (Å²) in [5.41, 5.74) is 2.40. The van der Waals surface area contributed by atoms with Gasteiger partial charge in [-0.3, -0.25) is 9.36 Å². The second kappa shape index (κ2) is 12.5. The number of nitrogens with one attached hydrogen (secondary N) is 1. The first kappa shape index (κ1) is 27.7. The first-order valence-corrected chi connectivity index (χ1v) is 13.7. The van der Waals surface area contributed by atoms with Gasteiger partial charge in [-0.25, -0.2) is 4.79 Å². The van der Waals surface area contributed by atoms with E-state index in [2.05, 4.69) is 22.1 Å². The second-order valence-electron chi connectivity index (χ2n) is 7.74. The molecule has 2 heterocycles. The average molecular weight is 590 g/mol. The zero-order chi connectivity index (χ0) is 27.2. The maximum absolute atomic E-state index is 12.9. The number of carbonyl (C=O) groups excluding carboxylic acids is 2. The van der Waals surface area contributed by atoms with Gasteiger partial charge >= 0.3 is 5.97 Å². The Morgan fingerprint density at radius 2 is 1.89 bits per heavy atom. The van der Waals surface area contributed by atoms with Gasteiger partial charge in [0, 0.05) is 28.1 Å². The van der Waals surface area contributed by atoms with Crippen molar-refractivity contribution >= 4 is 63.2 Å². The van der Waals surface area contributed by atoms with Gasteiger partial charge in [0.1, 0.15) is 16.3 Å². The fourth-order valence-electron chi connectivity index (χ4n) is 3.59. The van der Waals surface area contributed by atoms with Gasteiger partial charge in [-0.1, -0.05) is 53.2 Å². The summed E-state index contributed by atoms with van der Waals surface area (Å²) in [6.45, 7) is 4.21. The van der Waals surface area contributed by atoms with E-state index in [9.17, 15) is 9.59 Å². The third-order valence-corrected chi connectivity index (χ3v) is 7.78. The highest BCUT2D eigenvalue weighted by atomic mass is 35.5. The fourth-order valence-corrected chi connectivity index (χ4v) is 5.80. The highest BCUT2D eigenvalue weighted by molar-refractivity contribution is 7.99. The van der Waals surface area contributed by atoms with E-state index < -0.39 is 5.97 Å². The summed E-state index contributed by atoms with van der Waals surface area (Å²) in [7, 11) is 2.88. The van der Waals surface area contributed by atoms with E-state index in [0.717, 1.165) is 5.56 Å². The molecule has 4 rings (SSSR count). The van der Waals surface area contributed by atoms with Crippen LogP contribution in [0.15, 0.2) is 65.7 Å². The molecule has 4 aromatic rings. The maximum atomic E-state index is 12.9. The van der Waals surface area contributed by atoms with Crippen LogP contribution in [0.5, 0.6) is 5.75 Å². The van der Waals surface area contributed by atoms with Crippen LogP contribution in [-0.4, -0.2) is 46.6 Å². The summed E-state index contributed by atoms with van der Waals surface area (Å²) >= 11 is 14.8. The maximum Gasteiger partial charge on any atom is 0.341 e. The summed E-state index contributed by atoms with van der Waals surface area (Å²) in [5.74, 6) is 0.391. The number of allylic oxidation sites excluding steroid dienone is 1. The summed E-state index contributed by atoms with van der Waals surface area (Å²) in [6.07, 6.45) is 1.70. The zero-order valence-corrected chi connectivity index (χ0v) is 23.5. The first-order valence-electron chi connectivity index (χ1n) is 11.1. The van der Waals surface area contributed by atoms with Gasteiger partial charge in [-0.15, -0.1) is 28.1 Å². The first-order chi connectivity index (χ1) is 18.4. The minimum atomic E-state index is -0.546. The van der Waals surface area contributed by atoms with E-state index >= 15 is 0 Å². The van der Waals surface area contributed by atoms with Crippen LogP contribution < -0.4 is 10.1 Å². The molecule has 0 spiro atoms. The summed E-state index contributed by atoms with van der Waals surface area (Å²) in [6, 6.07) is 12.4. The minimum Gasteiger partial charge on any atom is -0.497 e. The van der Waals surface area contributed by atoms with Gasteiger partial charge in [0.05, 0.1) is 25.0 Å². The number of halogens is 2. The molecule has 1 amide bonds. The number of hydrogen-bond acceptors (Lipinski definition) is 8. The smallest absolute Gasteiger partial charge is 0.341 e. The number of nitrogens with zero attached hydrogens (tertiary/aromatic N) is 3. The van der Waals surface area contributed by atoms with Crippen LogP contribution in [0.2, 0.25) is 10.0 Å². The summed E-state index contributed by atoms with van der Waals surface area (Å²) in [5, 5.41) is 15.0. The number of rotatable bonds is 10. The Kier molecular flexibility index (Phi) is 9.11. The predicted molar refractivity (Wildman–Crippen MR) is 153 cm³/mol. The highest BCUT2D eigenvalue weighted by Gasteiger charge is 2.23. The number of anilines is 1. The van der Waals surface area contributed by atoms with E-state index in [1.54, 1.807) is 48.9 Å². The molecule has 0 unspecified atom stereocenters. The van der Waals surface area contributed by atoms with Crippen molar-refractivity contribution in [2.45, 2.75) is 11.7 Å². The van der Waals surface area contributed by atoms with E-state index in [4.69, 9.17) is 32.7 Å². The van der Waals surface area contributed by atoms with Crippen LogP contribution in [-0.2, 0) is 16.1 Å². The van der Waals surface area contributed by atoms with Crippen molar-refractivity contribution < 1.29 is 19.1 Å². The third kappa shape index (κ3) is 6.05. The van der Waals surface area contributed by atoms with Gasteiger partial charge in [0.15, 0.2) is 11.0 Å². The third-order valence-electron chi connectivity index (χ3n) is 5.37. The lowest BCUT2D eigenvalue weighted by molar-refractivity contribution is -0.113. The molecule has 38 heavy (non-hydrogen) atoms. The molecule has 0 atom stereocenters. The van der Waals surface area contributed by atoms with Crippen LogP contribution in [0.4, 0.5) is 5.00 Å². The Balaban J connectivity index is 1.53. The Morgan fingerprint density at radius 1 is 1.13 bits per heavy atom. The van der Waals surface area contributed by atoms with Crippen LogP contribution in [0.3, 0.4) is 0 Å². The molecule has 0 fully saturated rings. The fraction of sp³-hybridized carbons (Fsp3) is 0.154. The molecule has 8 nitrogen and oxygen atoms in total. The van der Waals surface area contributed by atoms with Crippen LogP contribution >= 0.6 is 46.3 Å². The SMILES string of the molecule is C=CCn1c(SCC(=O)Nc2scc(-c3ccc(OC)cc3)c2C(=O)OC)nnc1-c1ccc(Cl)cc1Cl. The van der Waals surface area contributed by atoms with E-state index in [-0.39, 0.29) is 17.2 Å². The molecule has 0 saturated carbocycles. The lowest BCUT2D eigenvalue weighted by atomic mass is 10.0. The van der Waals surface area contributed by atoms with Gasteiger partial charge in [0.25, 0.3) is 0 Å². The molecular weight excluding hydrogens is 567 g/mol. The Labute approximate surface area is 237 Å². The number of thiophene rings is 1. The molecule has 2 aromatic carbocycles. The van der Waals surface area contributed by atoms with Crippen molar-refractivity contribution in [3.05, 3.63) is 76.1 Å². The molecule has 1 N–H and O–H groups in total. The molecule has 0 radical (unpaired) electrons. The van der Waals surface area contributed by atoms with Crippen molar-refractivity contribution in [2.24, 2.45) is 0 Å². The number of amides is 1. The Hall–Kier alpha value is -3.31. The lowest BCUT2D eigenvalue weighted by Gasteiger charge is -2.10. The Bertz CT molecular complexity index is 1490. The van der Waals surface area contributed by atoms with Crippen LogP contribution in [0.1, 0.15) is 10.4 Å². The molecule has 0 aliphatic heterocycles. The van der Waals surface area contributed by atoms with Gasteiger partial charge in [-0.2, -0.15) is 0 Å². The molecule has 12 heteroatoms. The average Bonchev–Trinajstić information content (AvgIpc) is 3.51. The van der Waals surface area contributed by atoms with Crippen molar-refractivity contribution in [3.63, 3.8) is 0 Å². The number of thioether (sulfide) groups is 1. The number of benzene rings is 2. The summed E-state index contributed by atoms with van der Waals surface area (Å²) in [4.78, 5) is 25.5. The number of ether oxygens (including phenoxy) is 2. The molecular formula is C26H22Cl2N4O4S2. The van der Waals surface area contributed by atoms with Crippen LogP contribution in [0.25, 0.3) is 22.5 Å². The van der Waals surface area contributed by atoms with Crippen molar-refractivity contribution in [1.82, 2.24) is 14.8 Å². The van der Waals surface area contributed by atoms with Crippen molar-refractivity contribution in [3.8, 4) is 28.3 Å². The monoisotopic (exact) mass is 588 g/mol. The normalized spacial score (nSPS) is 10.7. The molecule has 196 valence electrons. The number of methoxy groups -OCH3 is 2. The Morgan fingerprint density at radius 3 is 2.55 bits per heavy atom. The minimum absolute atomic E-state index is 0.0278. The molecule has 0 saturated heterocycles. The second-order valence-corrected chi connectivity index (χ2v) is 10.4. The van der Waals surface area contributed by atoms with E-state index in [1.807, 2.05) is 16.7 Å². The van der Waals surface area contributed by atoms with E-state index in [0.29, 0.717) is 49.4 Å². The van der Waals surface area contributed by atoms with Gasteiger partial charge < -0.3 is 14.8 Å². The summed E-state index contributed by atoms with van der Waals surface area (Å²) < 4.78 is 12.0. The van der Waals surface area contributed by atoms with Gasteiger partial charge in [0.2, 0.25) is 5.91 Å². The quantitative estimate of drug-likeness (QED) is 0.125. The van der Waals surface area contributed by atoms with Gasteiger partial charge in [-0.05, 0) is 35.9 Å². The topological polar surface area (TPSA) is 95.3 Å². The standard InChI is InChI=1S/C26H22Cl2N4O4S2/c1-4-11-32-23(18-10-7-16(27)12-20(18)28)30-31-26(32)38-14-21(33)29-24-22(25(34)36-3)19(13-37-24)15-5-8-17(35-2)9-6-15/h4-10,12-13H,1,11,14H2,2-3H3,(H,29,33). The largest absolute Gasteiger partial charge is 0.497 e. The zero-order valence-electron chi connectivity index (χ0n) is 20.4. The lowest BCUT2D eigenvalue weighted by Crippen LogP contribution is -2.16. The van der Waals surface area contributed by atoms with Crippen molar-refractivity contribution in [1.29, 1.82) is 0 Å². The van der Waals surface area contributed by atoms with Crippen LogP contribution in [0, 0.1) is 0 Å².